The SMILES string of the molecule is Cc1ccnc(OCC23CCCC2CN(c2ncnc4[nH]ncc24)C3)n1. The van der Waals surface area contributed by atoms with Crippen LogP contribution in [0, 0.1) is 18.3 Å². The lowest BCUT2D eigenvalue weighted by atomic mass is 9.82. The summed E-state index contributed by atoms with van der Waals surface area (Å²) in [7, 11) is 0. The summed E-state index contributed by atoms with van der Waals surface area (Å²) in [5, 5.41) is 8.02. The number of aryl methyl sites for hydroxylation is 1. The lowest BCUT2D eigenvalue weighted by Gasteiger charge is -2.28. The van der Waals surface area contributed by atoms with Gasteiger partial charge in [-0.3, -0.25) is 5.10 Å². The minimum absolute atomic E-state index is 0.133. The lowest BCUT2D eigenvalue weighted by molar-refractivity contribution is 0.130. The van der Waals surface area contributed by atoms with Gasteiger partial charge in [0, 0.05) is 30.4 Å². The summed E-state index contributed by atoms with van der Waals surface area (Å²) in [5.74, 6) is 1.56. The van der Waals surface area contributed by atoms with Crippen LogP contribution < -0.4 is 9.64 Å². The van der Waals surface area contributed by atoms with Gasteiger partial charge in [0.05, 0.1) is 18.2 Å². The smallest absolute Gasteiger partial charge is 0.316 e. The van der Waals surface area contributed by atoms with Crippen molar-refractivity contribution >= 4 is 16.9 Å². The molecule has 0 aromatic carbocycles. The van der Waals surface area contributed by atoms with Crippen LogP contribution in [0.15, 0.2) is 24.8 Å². The fourth-order valence-corrected chi connectivity index (χ4v) is 4.52. The van der Waals surface area contributed by atoms with Gasteiger partial charge in [-0.05, 0) is 31.7 Å². The van der Waals surface area contributed by atoms with Crippen molar-refractivity contribution in [3.8, 4) is 6.01 Å². The van der Waals surface area contributed by atoms with Crippen LogP contribution in [0.1, 0.15) is 25.0 Å². The van der Waals surface area contributed by atoms with Crippen molar-refractivity contribution in [2.45, 2.75) is 26.2 Å². The molecular formula is C18H21N7O. The van der Waals surface area contributed by atoms with Crippen molar-refractivity contribution < 1.29 is 4.74 Å². The molecule has 1 saturated heterocycles. The van der Waals surface area contributed by atoms with E-state index in [9.17, 15) is 0 Å². The third-order valence-corrected chi connectivity index (χ3v) is 5.83. The van der Waals surface area contributed by atoms with Gasteiger partial charge in [-0.1, -0.05) is 6.42 Å². The average Bonchev–Trinajstić information content (AvgIpc) is 3.33. The summed E-state index contributed by atoms with van der Waals surface area (Å²) < 4.78 is 6.03. The maximum atomic E-state index is 6.03. The van der Waals surface area contributed by atoms with Gasteiger partial charge in [0.15, 0.2) is 5.65 Å². The molecule has 26 heavy (non-hydrogen) atoms. The van der Waals surface area contributed by atoms with Crippen LogP contribution in [0.25, 0.3) is 11.0 Å². The molecule has 0 radical (unpaired) electrons. The average molecular weight is 351 g/mol. The van der Waals surface area contributed by atoms with Crippen LogP contribution in [-0.4, -0.2) is 49.8 Å². The second-order valence-electron chi connectivity index (χ2n) is 7.43. The van der Waals surface area contributed by atoms with E-state index >= 15 is 0 Å². The summed E-state index contributed by atoms with van der Waals surface area (Å²) >= 11 is 0. The van der Waals surface area contributed by atoms with Crippen LogP contribution in [0.3, 0.4) is 0 Å². The highest BCUT2D eigenvalue weighted by molar-refractivity contribution is 5.86. The van der Waals surface area contributed by atoms with Gasteiger partial charge in [-0.15, -0.1) is 0 Å². The van der Waals surface area contributed by atoms with Crippen LogP contribution in [0.2, 0.25) is 0 Å². The molecule has 1 N–H and O–H groups in total. The first-order valence-corrected chi connectivity index (χ1v) is 9.05. The quantitative estimate of drug-likeness (QED) is 0.770. The Morgan fingerprint density at radius 1 is 1.35 bits per heavy atom. The Bertz CT molecular complexity index is 942. The van der Waals surface area contributed by atoms with E-state index in [-0.39, 0.29) is 5.41 Å². The molecule has 2 fully saturated rings. The van der Waals surface area contributed by atoms with Gasteiger partial charge in [0.25, 0.3) is 0 Å². The van der Waals surface area contributed by atoms with E-state index in [2.05, 4.69) is 35.0 Å². The van der Waals surface area contributed by atoms with Crippen molar-refractivity contribution in [3.63, 3.8) is 0 Å². The van der Waals surface area contributed by atoms with E-state index in [1.807, 2.05) is 19.2 Å². The third-order valence-electron chi connectivity index (χ3n) is 5.83. The van der Waals surface area contributed by atoms with Crippen molar-refractivity contribution in [2.75, 3.05) is 24.6 Å². The Hall–Kier alpha value is -2.77. The Balaban J connectivity index is 1.39. The molecule has 1 aliphatic carbocycles. The molecule has 4 heterocycles. The molecular weight excluding hydrogens is 330 g/mol. The first-order chi connectivity index (χ1) is 12.7. The van der Waals surface area contributed by atoms with Gasteiger partial charge in [-0.25, -0.2) is 19.9 Å². The molecule has 3 aromatic rings. The largest absolute Gasteiger partial charge is 0.463 e. The zero-order chi connectivity index (χ0) is 17.6. The van der Waals surface area contributed by atoms with Crippen molar-refractivity contribution in [2.24, 2.45) is 11.3 Å². The number of aromatic amines is 1. The second kappa shape index (κ2) is 5.89. The van der Waals surface area contributed by atoms with Crippen LogP contribution in [0.5, 0.6) is 6.01 Å². The number of ether oxygens (including phenoxy) is 1. The van der Waals surface area contributed by atoms with Crippen molar-refractivity contribution in [3.05, 3.63) is 30.5 Å². The summed E-state index contributed by atoms with van der Waals surface area (Å²) in [6, 6.07) is 2.36. The fourth-order valence-electron chi connectivity index (χ4n) is 4.52. The number of nitrogens with one attached hydrogen (secondary N) is 1. The van der Waals surface area contributed by atoms with Crippen LogP contribution in [0.4, 0.5) is 5.82 Å². The summed E-state index contributed by atoms with van der Waals surface area (Å²) in [6.45, 7) is 4.53. The number of fused-ring (bicyclic) bond motifs is 2. The van der Waals surface area contributed by atoms with E-state index < -0.39 is 0 Å². The number of aromatic nitrogens is 6. The molecule has 0 bridgehead atoms. The predicted molar refractivity (Wildman–Crippen MR) is 95.9 cm³/mol. The van der Waals surface area contributed by atoms with Gasteiger partial charge >= 0.3 is 6.01 Å². The lowest BCUT2D eigenvalue weighted by Crippen LogP contribution is -2.34. The third kappa shape index (κ3) is 2.48. The van der Waals surface area contributed by atoms with Gasteiger partial charge in [0.1, 0.15) is 12.1 Å². The highest BCUT2D eigenvalue weighted by Crippen LogP contribution is 2.50. The number of anilines is 1. The molecule has 1 aliphatic heterocycles. The summed E-state index contributed by atoms with van der Waals surface area (Å²) in [6.07, 6.45) is 8.81. The first kappa shape index (κ1) is 15.5. The molecule has 134 valence electrons. The van der Waals surface area contributed by atoms with E-state index in [1.165, 1.54) is 19.3 Å². The Labute approximate surface area is 151 Å². The maximum absolute atomic E-state index is 6.03. The highest BCUT2D eigenvalue weighted by Gasteiger charge is 2.50. The van der Waals surface area contributed by atoms with E-state index in [0.29, 0.717) is 18.5 Å². The molecule has 0 amide bonds. The summed E-state index contributed by atoms with van der Waals surface area (Å²) in [4.78, 5) is 19.8. The topological polar surface area (TPSA) is 92.7 Å². The highest BCUT2D eigenvalue weighted by atomic mass is 16.5. The Morgan fingerprint density at radius 2 is 2.31 bits per heavy atom. The molecule has 8 nitrogen and oxygen atoms in total. The van der Waals surface area contributed by atoms with Gasteiger partial charge < -0.3 is 9.64 Å². The van der Waals surface area contributed by atoms with Gasteiger partial charge in [0.2, 0.25) is 0 Å². The van der Waals surface area contributed by atoms with Crippen molar-refractivity contribution in [1.29, 1.82) is 0 Å². The minimum atomic E-state index is 0.133. The van der Waals surface area contributed by atoms with Crippen molar-refractivity contribution in [1.82, 2.24) is 30.1 Å². The standard InChI is InChI=1S/C18H21N7O/c1-12-4-6-19-17(23-12)26-10-18-5-2-3-13(18)8-25(9-18)16-14-7-22-24-15(14)20-11-21-16/h4,6-7,11,13H,2-3,5,8-10H2,1H3,(H,20,21,22,24). The number of nitrogens with zero attached hydrogens (tertiary/aromatic N) is 6. The van der Waals surface area contributed by atoms with E-state index in [1.54, 1.807) is 12.5 Å². The molecule has 3 aromatic heterocycles. The number of H-pyrrole nitrogens is 1. The van der Waals surface area contributed by atoms with Crippen LogP contribution in [-0.2, 0) is 0 Å². The Morgan fingerprint density at radius 3 is 3.23 bits per heavy atom. The molecule has 2 atom stereocenters. The molecule has 2 unspecified atom stereocenters. The second-order valence-corrected chi connectivity index (χ2v) is 7.43. The van der Waals surface area contributed by atoms with E-state index in [0.717, 1.165) is 35.6 Å². The zero-order valence-corrected chi connectivity index (χ0v) is 14.7. The zero-order valence-electron chi connectivity index (χ0n) is 14.7. The molecule has 1 saturated carbocycles. The predicted octanol–water partition coefficient (Wildman–Crippen LogP) is 2.14. The monoisotopic (exact) mass is 351 g/mol. The summed E-state index contributed by atoms with van der Waals surface area (Å²) in [5.41, 5.74) is 1.84. The number of hydrogen-bond acceptors (Lipinski definition) is 7. The molecule has 8 heteroatoms. The van der Waals surface area contributed by atoms with Gasteiger partial charge in [-0.2, -0.15) is 5.10 Å². The number of rotatable bonds is 4. The number of hydrogen-bond donors (Lipinski definition) is 1. The Kier molecular flexibility index (Phi) is 3.51. The molecule has 2 aliphatic rings. The maximum Gasteiger partial charge on any atom is 0.316 e. The molecule has 0 spiro atoms. The van der Waals surface area contributed by atoms with Crippen LogP contribution >= 0.6 is 0 Å². The van der Waals surface area contributed by atoms with E-state index in [4.69, 9.17) is 4.74 Å². The normalized spacial score (nSPS) is 25.0. The minimum Gasteiger partial charge on any atom is -0.463 e. The molecule has 5 rings (SSSR count). The first-order valence-electron chi connectivity index (χ1n) is 9.05. The fraction of sp³-hybridized carbons (Fsp3) is 0.500.